The van der Waals surface area contributed by atoms with Crippen molar-refractivity contribution < 1.29 is 9.18 Å². The second kappa shape index (κ2) is 4.19. The molecule has 0 aliphatic heterocycles. The fraction of sp³-hybridized carbons (Fsp3) is 0.438. The van der Waals surface area contributed by atoms with E-state index < -0.39 is 0 Å². The molecule has 2 nitrogen and oxygen atoms in total. The van der Waals surface area contributed by atoms with E-state index in [-0.39, 0.29) is 17.1 Å². The highest BCUT2D eigenvalue weighted by atomic mass is 19.1. The molecule has 1 aromatic rings. The Balaban J connectivity index is 1.94. The minimum absolute atomic E-state index is 0.0330. The van der Waals surface area contributed by atoms with E-state index in [1.54, 1.807) is 12.1 Å². The zero-order chi connectivity index (χ0) is 13.6. The van der Waals surface area contributed by atoms with Crippen molar-refractivity contribution >= 4 is 11.5 Å². The summed E-state index contributed by atoms with van der Waals surface area (Å²) in [6.45, 7) is 4.26. The third-order valence-corrected chi connectivity index (χ3v) is 3.92. The fourth-order valence-electron chi connectivity index (χ4n) is 2.80. The maximum absolute atomic E-state index is 13.4. The molecule has 1 fully saturated rings. The fourth-order valence-corrected chi connectivity index (χ4v) is 2.80. The van der Waals surface area contributed by atoms with Crippen LogP contribution in [0.4, 0.5) is 4.39 Å². The average Bonchev–Trinajstić information content (AvgIpc) is 3.07. The van der Waals surface area contributed by atoms with Gasteiger partial charge in [-0.3, -0.25) is 4.79 Å². The first-order valence-electron chi connectivity index (χ1n) is 6.77. The van der Waals surface area contributed by atoms with Crippen molar-refractivity contribution in [3.63, 3.8) is 0 Å². The molecule has 2 aliphatic carbocycles. The van der Waals surface area contributed by atoms with Gasteiger partial charge in [0, 0.05) is 12.1 Å². The summed E-state index contributed by atoms with van der Waals surface area (Å²) in [5.74, 6) is -0.296. The van der Waals surface area contributed by atoms with Crippen LogP contribution < -0.4 is 5.32 Å². The first-order chi connectivity index (χ1) is 8.95. The van der Waals surface area contributed by atoms with Gasteiger partial charge >= 0.3 is 0 Å². The van der Waals surface area contributed by atoms with E-state index in [0.29, 0.717) is 6.04 Å². The van der Waals surface area contributed by atoms with Gasteiger partial charge in [0.25, 0.3) is 0 Å². The van der Waals surface area contributed by atoms with Gasteiger partial charge in [-0.05, 0) is 53.5 Å². The summed E-state index contributed by atoms with van der Waals surface area (Å²) < 4.78 is 13.4. The third-order valence-electron chi connectivity index (χ3n) is 3.92. The first-order valence-corrected chi connectivity index (χ1v) is 6.77. The SMILES string of the molecule is CC1(C)C/C(=C\C(=O)NC2CC2)c2cc(F)ccc21. The first kappa shape index (κ1) is 12.4. The van der Waals surface area contributed by atoms with E-state index in [2.05, 4.69) is 19.2 Å². The molecular weight excluding hydrogens is 241 g/mol. The summed E-state index contributed by atoms with van der Waals surface area (Å²) in [5, 5.41) is 2.94. The second-order valence-corrected chi connectivity index (χ2v) is 6.20. The number of halogens is 1. The summed E-state index contributed by atoms with van der Waals surface area (Å²) in [7, 11) is 0. The minimum atomic E-state index is -0.245. The molecule has 0 saturated heterocycles. The standard InChI is InChI=1S/C16H18FNO/c1-16(2)9-10(7-15(19)18-12-4-5-12)13-8-11(17)3-6-14(13)16/h3,6-8,12H,4-5,9H2,1-2H3,(H,18,19)/b10-7+. The normalized spacial score (nSPS) is 22.4. The van der Waals surface area contributed by atoms with Crippen LogP contribution in [0.25, 0.3) is 5.57 Å². The van der Waals surface area contributed by atoms with Crippen molar-refractivity contribution in [2.75, 3.05) is 0 Å². The molecule has 0 unspecified atom stereocenters. The van der Waals surface area contributed by atoms with Crippen molar-refractivity contribution in [2.24, 2.45) is 0 Å². The Kier molecular flexibility index (Phi) is 2.73. The Morgan fingerprint density at radius 2 is 2.16 bits per heavy atom. The van der Waals surface area contributed by atoms with E-state index in [1.165, 1.54) is 6.07 Å². The van der Waals surface area contributed by atoms with Crippen LogP contribution in [-0.4, -0.2) is 11.9 Å². The number of rotatable bonds is 2. The van der Waals surface area contributed by atoms with Crippen molar-refractivity contribution in [1.29, 1.82) is 0 Å². The monoisotopic (exact) mass is 259 g/mol. The Hall–Kier alpha value is -1.64. The number of carbonyl (C=O) groups excluding carboxylic acids is 1. The lowest BCUT2D eigenvalue weighted by Crippen LogP contribution is -2.23. The molecule has 0 radical (unpaired) electrons. The summed E-state index contributed by atoms with van der Waals surface area (Å²) >= 11 is 0. The van der Waals surface area contributed by atoms with Crippen LogP contribution in [0.3, 0.4) is 0 Å². The van der Waals surface area contributed by atoms with Crippen molar-refractivity contribution in [3.05, 3.63) is 41.2 Å². The van der Waals surface area contributed by atoms with Crippen LogP contribution >= 0.6 is 0 Å². The van der Waals surface area contributed by atoms with Crippen LogP contribution in [0.5, 0.6) is 0 Å². The predicted octanol–water partition coefficient (Wildman–Crippen LogP) is 3.17. The minimum Gasteiger partial charge on any atom is -0.350 e. The highest BCUT2D eigenvalue weighted by Crippen LogP contribution is 2.45. The number of benzene rings is 1. The smallest absolute Gasteiger partial charge is 0.244 e. The molecule has 1 N–H and O–H groups in total. The number of allylic oxidation sites excluding steroid dienone is 1. The van der Waals surface area contributed by atoms with E-state index >= 15 is 0 Å². The van der Waals surface area contributed by atoms with Crippen LogP contribution in [0.1, 0.15) is 44.2 Å². The van der Waals surface area contributed by atoms with Gasteiger partial charge in [-0.1, -0.05) is 19.9 Å². The Bertz CT molecular complexity index is 570. The highest BCUT2D eigenvalue weighted by Gasteiger charge is 2.34. The molecule has 1 aromatic carbocycles. The molecule has 2 aliphatic rings. The lowest BCUT2D eigenvalue weighted by molar-refractivity contribution is -0.116. The Morgan fingerprint density at radius 3 is 2.84 bits per heavy atom. The second-order valence-electron chi connectivity index (χ2n) is 6.20. The van der Waals surface area contributed by atoms with Gasteiger partial charge in [0.2, 0.25) is 5.91 Å². The molecule has 1 amide bonds. The maximum Gasteiger partial charge on any atom is 0.244 e. The molecule has 0 atom stereocenters. The lowest BCUT2D eigenvalue weighted by Gasteiger charge is -2.17. The van der Waals surface area contributed by atoms with Gasteiger partial charge in [-0.2, -0.15) is 0 Å². The van der Waals surface area contributed by atoms with Gasteiger partial charge < -0.3 is 5.32 Å². The van der Waals surface area contributed by atoms with E-state index in [9.17, 15) is 9.18 Å². The average molecular weight is 259 g/mol. The molecule has 1 saturated carbocycles. The number of nitrogens with one attached hydrogen (secondary N) is 1. The number of fused-ring (bicyclic) bond motifs is 1. The number of carbonyl (C=O) groups is 1. The summed E-state index contributed by atoms with van der Waals surface area (Å²) in [6.07, 6.45) is 4.58. The third kappa shape index (κ3) is 2.42. The lowest BCUT2D eigenvalue weighted by atomic mass is 9.86. The number of amides is 1. The number of hydrogen-bond donors (Lipinski definition) is 1. The molecule has 19 heavy (non-hydrogen) atoms. The van der Waals surface area contributed by atoms with Gasteiger partial charge in [0.1, 0.15) is 5.82 Å². The summed E-state index contributed by atoms with van der Waals surface area (Å²) in [4.78, 5) is 11.9. The predicted molar refractivity (Wildman–Crippen MR) is 73.2 cm³/mol. The zero-order valence-electron chi connectivity index (χ0n) is 11.3. The van der Waals surface area contributed by atoms with Crippen molar-refractivity contribution in [3.8, 4) is 0 Å². The van der Waals surface area contributed by atoms with Crippen LogP contribution in [0.2, 0.25) is 0 Å². The van der Waals surface area contributed by atoms with Crippen LogP contribution in [0, 0.1) is 5.82 Å². The molecule has 100 valence electrons. The van der Waals surface area contributed by atoms with Crippen molar-refractivity contribution in [2.45, 2.75) is 44.6 Å². The van der Waals surface area contributed by atoms with Crippen LogP contribution in [-0.2, 0) is 10.2 Å². The van der Waals surface area contributed by atoms with Gasteiger partial charge in [0.15, 0.2) is 0 Å². The highest BCUT2D eigenvalue weighted by molar-refractivity contribution is 5.97. The molecule has 3 rings (SSSR count). The summed E-state index contributed by atoms with van der Waals surface area (Å²) in [6, 6.07) is 5.23. The van der Waals surface area contributed by atoms with E-state index in [0.717, 1.165) is 36.0 Å². The van der Waals surface area contributed by atoms with Gasteiger partial charge in [-0.15, -0.1) is 0 Å². The topological polar surface area (TPSA) is 29.1 Å². The van der Waals surface area contributed by atoms with Gasteiger partial charge in [0.05, 0.1) is 0 Å². The molecule has 0 bridgehead atoms. The van der Waals surface area contributed by atoms with Crippen molar-refractivity contribution in [1.82, 2.24) is 5.32 Å². The molecule has 0 spiro atoms. The quantitative estimate of drug-likeness (QED) is 0.812. The molecule has 3 heteroatoms. The maximum atomic E-state index is 13.4. The summed E-state index contributed by atoms with van der Waals surface area (Å²) in [5.41, 5.74) is 2.92. The molecule has 0 heterocycles. The van der Waals surface area contributed by atoms with Crippen LogP contribution in [0.15, 0.2) is 24.3 Å². The Labute approximate surface area is 112 Å². The molecule has 0 aromatic heterocycles. The van der Waals surface area contributed by atoms with E-state index in [4.69, 9.17) is 0 Å². The zero-order valence-corrected chi connectivity index (χ0v) is 11.3. The Morgan fingerprint density at radius 1 is 1.42 bits per heavy atom. The van der Waals surface area contributed by atoms with E-state index in [1.807, 2.05) is 6.07 Å². The largest absolute Gasteiger partial charge is 0.350 e. The number of hydrogen-bond acceptors (Lipinski definition) is 1. The van der Waals surface area contributed by atoms with Gasteiger partial charge in [-0.25, -0.2) is 4.39 Å². The molecular formula is C16H18FNO.